The van der Waals surface area contributed by atoms with E-state index in [-0.39, 0.29) is 5.92 Å². The molecule has 0 amide bonds. The minimum Gasteiger partial charge on any atom is -0.460 e. The van der Waals surface area contributed by atoms with Crippen LogP contribution in [0.15, 0.2) is 11.6 Å². The van der Waals surface area contributed by atoms with E-state index in [1.165, 1.54) is 0 Å². The quantitative estimate of drug-likeness (QED) is 0.372. The Hall–Kier alpha value is -2.40. The van der Waals surface area contributed by atoms with Gasteiger partial charge in [-0.05, 0) is 18.3 Å². The SMILES string of the molecule is CC(C#N)=CC1C(C(=O)OCc2c(F)c(F)c(CO)c(F)c2F)C1(C)C. The summed E-state index contributed by atoms with van der Waals surface area (Å²) in [7, 11) is 0. The monoisotopic (exact) mass is 371 g/mol. The van der Waals surface area contributed by atoms with Crippen LogP contribution in [0.4, 0.5) is 17.6 Å². The van der Waals surface area contributed by atoms with Crippen LogP contribution in [-0.4, -0.2) is 11.1 Å². The lowest BCUT2D eigenvalue weighted by molar-refractivity contribution is -0.147. The molecule has 4 nitrogen and oxygen atoms in total. The highest BCUT2D eigenvalue weighted by Crippen LogP contribution is 2.59. The first-order chi connectivity index (χ1) is 12.1. The molecule has 0 aliphatic heterocycles. The normalized spacial score (nSPS) is 21.3. The molecule has 1 saturated carbocycles. The van der Waals surface area contributed by atoms with Gasteiger partial charge in [0.05, 0.1) is 29.7 Å². The Kier molecular flexibility index (Phi) is 5.42. The summed E-state index contributed by atoms with van der Waals surface area (Å²) < 4.78 is 59.9. The molecule has 0 bridgehead atoms. The Balaban J connectivity index is 2.18. The van der Waals surface area contributed by atoms with E-state index < -0.39 is 64.9 Å². The number of halogens is 4. The highest BCUT2D eigenvalue weighted by molar-refractivity contribution is 5.78. The predicted molar refractivity (Wildman–Crippen MR) is 82.1 cm³/mol. The third kappa shape index (κ3) is 3.31. The summed E-state index contributed by atoms with van der Waals surface area (Å²) in [5.74, 6) is -8.59. The van der Waals surface area contributed by atoms with Gasteiger partial charge in [-0.25, -0.2) is 17.6 Å². The number of allylic oxidation sites excluding steroid dienone is 2. The van der Waals surface area contributed by atoms with Gasteiger partial charge in [0.25, 0.3) is 0 Å². The Labute approximate surface area is 147 Å². The fourth-order valence-electron chi connectivity index (χ4n) is 2.97. The van der Waals surface area contributed by atoms with Gasteiger partial charge in [0.15, 0.2) is 23.3 Å². The Morgan fingerprint density at radius 2 is 1.69 bits per heavy atom. The van der Waals surface area contributed by atoms with Gasteiger partial charge in [-0.2, -0.15) is 5.26 Å². The molecule has 1 N–H and O–H groups in total. The molecule has 2 rings (SSSR count). The van der Waals surface area contributed by atoms with Crippen molar-refractivity contribution in [3.63, 3.8) is 0 Å². The number of ether oxygens (including phenoxy) is 1. The van der Waals surface area contributed by atoms with Crippen LogP contribution < -0.4 is 0 Å². The van der Waals surface area contributed by atoms with Gasteiger partial charge in [0.1, 0.15) is 6.61 Å². The lowest BCUT2D eigenvalue weighted by Gasteiger charge is -2.11. The molecule has 0 radical (unpaired) electrons. The molecular weight excluding hydrogens is 354 g/mol. The maximum Gasteiger partial charge on any atom is 0.310 e. The number of carbonyl (C=O) groups excluding carboxylic acids is 1. The molecule has 2 atom stereocenters. The van der Waals surface area contributed by atoms with Gasteiger partial charge in [-0.1, -0.05) is 19.9 Å². The molecule has 1 aliphatic carbocycles. The summed E-state index contributed by atoms with van der Waals surface area (Å²) >= 11 is 0. The number of carbonyl (C=O) groups is 1. The summed E-state index contributed by atoms with van der Waals surface area (Å²) in [5.41, 5.74) is -2.29. The van der Waals surface area contributed by atoms with Gasteiger partial charge in [-0.15, -0.1) is 0 Å². The molecule has 0 saturated heterocycles. The number of rotatable bonds is 5. The van der Waals surface area contributed by atoms with Crippen molar-refractivity contribution in [1.29, 1.82) is 5.26 Å². The van der Waals surface area contributed by atoms with Crippen LogP contribution >= 0.6 is 0 Å². The maximum absolute atomic E-state index is 13.9. The predicted octanol–water partition coefficient (Wildman–Crippen LogP) is 3.52. The van der Waals surface area contributed by atoms with Crippen molar-refractivity contribution in [1.82, 2.24) is 0 Å². The van der Waals surface area contributed by atoms with Crippen molar-refractivity contribution < 1.29 is 32.2 Å². The summed E-state index contributed by atoms with van der Waals surface area (Å²) in [5, 5.41) is 17.6. The van der Waals surface area contributed by atoms with E-state index in [9.17, 15) is 22.4 Å². The van der Waals surface area contributed by atoms with Crippen molar-refractivity contribution in [3.05, 3.63) is 46.0 Å². The molecular formula is C18H17F4NO3. The van der Waals surface area contributed by atoms with Gasteiger partial charge in [0, 0.05) is 5.57 Å². The number of nitriles is 1. The van der Waals surface area contributed by atoms with Gasteiger partial charge < -0.3 is 9.84 Å². The Morgan fingerprint density at radius 1 is 1.19 bits per heavy atom. The van der Waals surface area contributed by atoms with Crippen molar-refractivity contribution in [2.24, 2.45) is 17.3 Å². The molecule has 1 fully saturated rings. The second-order valence-electron chi connectivity index (χ2n) is 6.77. The Morgan fingerprint density at radius 3 is 2.15 bits per heavy atom. The molecule has 2 unspecified atom stereocenters. The maximum atomic E-state index is 13.9. The second-order valence-corrected chi connectivity index (χ2v) is 6.77. The first-order valence-corrected chi connectivity index (χ1v) is 7.77. The molecule has 8 heteroatoms. The van der Waals surface area contributed by atoms with Crippen molar-refractivity contribution in [3.8, 4) is 6.07 Å². The molecule has 1 aromatic rings. The smallest absolute Gasteiger partial charge is 0.310 e. The summed E-state index contributed by atoms with van der Waals surface area (Å²) in [6.07, 6.45) is 1.61. The first kappa shape index (κ1) is 19.9. The minimum absolute atomic E-state index is 0.283. The number of benzene rings is 1. The highest BCUT2D eigenvalue weighted by Gasteiger charge is 2.61. The van der Waals surface area contributed by atoms with E-state index in [2.05, 4.69) is 0 Å². The lowest BCUT2D eigenvalue weighted by atomic mass is 10.1. The number of aliphatic hydroxyl groups excluding tert-OH is 1. The van der Waals surface area contributed by atoms with Crippen molar-refractivity contribution in [2.75, 3.05) is 0 Å². The average molecular weight is 371 g/mol. The van der Waals surface area contributed by atoms with Crippen LogP contribution in [0.1, 0.15) is 31.9 Å². The molecule has 0 heterocycles. The number of nitrogens with zero attached hydrogens (tertiary/aromatic N) is 1. The first-order valence-electron chi connectivity index (χ1n) is 7.77. The van der Waals surface area contributed by atoms with Crippen LogP contribution in [0, 0.1) is 51.9 Å². The third-order valence-electron chi connectivity index (χ3n) is 4.73. The fraction of sp³-hybridized carbons (Fsp3) is 0.444. The minimum atomic E-state index is -1.73. The van der Waals surface area contributed by atoms with E-state index in [0.717, 1.165) is 0 Å². The number of esters is 1. The summed E-state index contributed by atoms with van der Waals surface area (Å²) in [4.78, 5) is 12.2. The van der Waals surface area contributed by atoms with Crippen LogP contribution in [0.25, 0.3) is 0 Å². The topological polar surface area (TPSA) is 70.3 Å². The average Bonchev–Trinajstić information content (AvgIpc) is 3.13. The van der Waals surface area contributed by atoms with E-state index in [1.54, 1.807) is 26.8 Å². The van der Waals surface area contributed by atoms with Crippen molar-refractivity contribution >= 4 is 5.97 Å². The van der Waals surface area contributed by atoms with Crippen LogP contribution in [0.5, 0.6) is 0 Å². The second kappa shape index (κ2) is 7.08. The summed E-state index contributed by atoms with van der Waals surface area (Å²) in [6.45, 7) is 2.91. The van der Waals surface area contributed by atoms with E-state index >= 15 is 0 Å². The van der Waals surface area contributed by atoms with Gasteiger partial charge in [-0.3, -0.25) is 4.79 Å². The zero-order chi connectivity index (χ0) is 19.8. The third-order valence-corrected chi connectivity index (χ3v) is 4.73. The zero-order valence-corrected chi connectivity index (χ0v) is 14.4. The number of hydrogen-bond acceptors (Lipinski definition) is 4. The molecule has 0 aromatic heterocycles. The highest BCUT2D eigenvalue weighted by atomic mass is 19.2. The number of hydrogen-bond donors (Lipinski definition) is 1. The molecule has 26 heavy (non-hydrogen) atoms. The van der Waals surface area contributed by atoms with Crippen LogP contribution in [0.2, 0.25) is 0 Å². The zero-order valence-electron chi connectivity index (χ0n) is 14.4. The summed E-state index contributed by atoms with van der Waals surface area (Å²) in [6, 6.07) is 1.94. The molecule has 1 aromatic carbocycles. The van der Waals surface area contributed by atoms with Crippen LogP contribution in [-0.2, 0) is 22.7 Å². The van der Waals surface area contributed by atoms with Crippen molar-refractivity contribution in [2.45, 2.75) is 34.0 Å². The molecule has 0 spiro atoms. The standard InChI is InChI=1S/C18H17F4NO3/c1-8(5-23)4-11-12(18(11,2)3)17(25)26-7-10-15(21)13(19)9(6-24)14(20)16(10)22/h4,11-12,24H,6-7H2,1-3H3. The fourth-order valence-corrected chi connectivity index (χ4v) is 2.97. The van der Waals surface area contributed by atoms with E-state index in [1.807, 2.05) is 6.07 Å². The Bertz CT molecular complexity index is 798. The van der Waals surface area contributed by atoms with Crippen LogP contribution in [0.3, 0.4) is 0 Å². The lowest BCUT2D eigenvalue weighted by Crippen LogP contribution is -2.14. The number of aliphatic hydroxyl groups is 1. The van der Waals surface area contributed by atoms with Gasteiger partial charge in [0.2, 0.25) is 0 Å². The van der Waals surface area contributed by atoms with Gasteiger partial charge >= 0.3 is 5.97 Å². The molecule has 1 aliphatic rings. The van der Waals surface area contributed by atoms with E-state index in [0.29, 0.717) is 5.57 Å². The molecule has 140 valence electrons. The largest absolute Gasteiger partial charge is 0.460 e. The van der Waals surface area contributed by atoms with E-state index in [4.69, 9.17) is 15.1 Å².